The fraction of sp³-hybridized carbons (Fsp3) is 0.421. The van der Waals surface area contributed by atoms with E-state index in [1.807, 2.05) is 0 Å². The third-order valence-electron chi connectivity index (χ3n) is 4.94. The van der Waals surface area contributed by atoms with Gasteiger partial charge in [-0.25, -0.2) is 4.39 Å². The van der Waals surface area contributed by atoms with Gasteiger partial charge in [0.25, 0.3) is 5.91 Å². The molecule has 128 valence electrons. The summed E-state index contributed by atoms with van der Waals surface area (Å²) in [5.74, 6) is -0.402. The molecule has 1 aromatic carbocycles. The largest absolute Gasteiger partial charge is 0.381 e. The number of halogens is 1. The average molecular weight is 339 g/mol. The minimum absolute atomic E-state index is 0.358. The van der Waals surface area contributed by atoms with Crippen LogP contribution < -0.4 is 5.32 Å². The fourth-order valence-electron chi connectivity index (χ4n) is 3.26. The minimum atomic E-state index is -0.933. The van der Waals surface area contributed by atoms with Crippen LogP contribution in [0.1, 0.15) is 47.7 Å². The molecule has 0 unspecified atom stereocenters. The Balaban J connectivity index is 1.75. The van der Waals surface area contributed by atoms with Crippen molar-refractivity contribution in [3.8, 4) is 6.07 Å². The lowest BCUT2D eigenvalue weighted by Gasteiger charge is -2.31. The van der Waals surface area contributed by atoms with E-state index in [0.29, 0.717) is 48.4 Å². The smallest absolute Gasteiger partial charge is 0.253 e. The Hall–Kier alpha value is -2.52. The van der Waals surface area contributed by atoms with Gasteiger partial charge in [-0.2, -0.15) is 5.26 Å². The third-order valence-corrected chi connectivity index (χ3v) is 4.94. The number of benzene rings is 1. The van der Waals surface area contributed by atoms with Gasteiger partial charge in [-0.3, -0.25) is 9.78 Å². The number of pyridine rings is 1. The summed E-state index contributed by atoms with van der Waals surface area (Å²) < 4.78 is 19.0. The molecule has 1 N–H and O–H groups in total. The molecule has 2 fully saturated rings. The van der Waals surface area contributed by atoms with Crippen molar-refractivity contribution in [2.45, 2.75) is 37.1 Å². The Bertz CT molecular complexity index is 880. The number of nitriles is 1. The topological polar surface area (TPSA) is 75.0 Å². The molecule has 4 rings (SSSR count). The second-order valence-corrected chi connectivity index (χ2v) is 6.79. The molecule has 1 saturated carbocycles. The van der Waals surface area contributed by atoms with Crippen LogP contribution in [-0.2, 0) is 4.74 Å². The van der Waals surface area contributed by atoms with E-state index in [9.17, 15) is 14.4 Å². The Morgan fingerprint density at radius 3 is 2.76 bits per heavy atom. The van der Waals surface area contributed by atoms with Crippen molar-refractivity contribution in [1.29, 1.82) is 5.26 Å². The summed E-state index contributed by atoms with van der Waals surface area (Å²) in [4.78, 5) is 17.5. The Morgan fingerprint density at radius 2 is 2.08 bits per heavy atom. The van der Waals surface area contributed by atoms with Gasteiger partial charge >= 0.3 is 0 Å². The van der Waals surface area contributed by atoms with Gasteiger partial charge in [0.05, 0.1) is 17.1 Å². The van der Waals surface area contributed by atoms with E-state index in [1.165, 1.54) is 12.1 Å². The molecule has 5 nitrogen and oxygen atoms in total. The Morgan fingerprint density at radius 1 is 1.32 bits per heavy atom. The molecule has 1 saturated heterocycles. The number of nitrogens with one attached hydrogen (secondary N) is 1. The molecular formula is C19H18FN3O2. The van der Waals surface area contributed by atoms with Crippen molar-refractivity contribution in [2.75, 3.05) is 13.2 Å². The van der Waals surface area contributed by atoms with Crippen molar-refractivity contribution < 1.29 is 13.9 Å². The van der Waals surface area contributed by atoms with Crippen LogP contribution in [0.3, 0.4) is 0 Å². The van der Waals surface area contributed by atoms with Crippen LogP contribution in [0.15, 0.2) is 24.3 Å². The van der Waals surface area contributed by atoms with Crippen LogP contribution in [0.25, 0.3) is 10.9 Å². The SMILES string of the molecule is N#CC1(NC(=O)c2cc(C3CC3)nc3ccc(F)cc23)CCOCC1. The number of carbonyl (C=O) groups excluding carboxylic acids is 1. The van der Waals surface area contributed by atoms with Gasteiger partial charge in [-0.1, -0.05) is 0 Å². The molecule has 0 atom stereocenters. The second kappa shape index (κ2) is 6.08. The maximum absolute atomic E-state index is 13.7. The lowest BCUT2D eigenvalue weighted by atomic mass is 9.91. The zero-order chi connectivity index (χ0) is 17.4. The molecule has 6 heteroatoms. The molecule has 0 radical (unpaired) electrons. The molecule has 1 aromatic heterocycles. The lowest BCUT2D eigenvalue weighted by molar-refractivity contribution is 0.0532. The number of rotatable bonds is 3. The van der Waals surface area contributed by atoms with E-state index in [0.717, 1.165) is 18.5 Å². The highest BCUT2D eigenvalue weighted by molar-refractivity contribution is 6.06. The number of ether oxygens (including phenoxy) is 1. The van der Waals surface area contributed by atoms with Crippen molar-refractivity contribution in [3.05, 3.63) is 41.3 Å². The summed E-state index contributed by atoms with van der Waals surface area (Å²) in [5, 5.41) is 12.9. The van der Waals surface area contributed by atoms with Crippen LogP contribution in [0.5, 0.6) is 0 Å². The van der Waals surface area contributed by atoms with Crippen LogP contribution in [0.4, 0.5) is 4.39 Å². The van der Waals surface area contributed by atoms with Gasteiger partial charge in [-0.15, -0.1) is 0 Å². The fourth-order valence-corrected chi connectivity index (χ4v) is 3.26. The first-order chi connectivity index (χ1) is 12.1. The highest BCUT2D eigenvalue weighted by Gasteiger charge is 2.35. The predicted octanol–water partition coefficient (Wildman–Crippen LogP) is 3.05. The maximum atomic E-state index is 13.7. The summed E-state index contributed by atoms with van der Waals surface area (Å²) in [6, 6.07) is 8.25. The molecule has 2 heterocycles. The highest BCUT2D eigenvalue weighted by Crippen LogP contribution is 2.40. The number of hydrogen-bond donors (Lipinski definition) is 1. The van der Waals surface area contributed by atoms with Gasteiger partial charge in [0, 0.05) is 43.1 Å². The molecule has 2 aromatic rings. The zero-order valence-electron chi connectivity index (χ0n) is 13.7. The van der Waals surface area contributed by atoms with Crippen LogP contribution >= 0.6 is 0 Å². The van der Waals surface area contributed by atoms with E-state index in [1.54, 1.807) is 12.1 Å². The normalized spacial score (nSPS) is 19.4. The molecule has 1 amide bonds. The van der Waals surface area contributed by atoms with Crippen LogP contribution in [-0.4, -0.2) is 29.6 Å². The minimum Gasteiger partial charge on any atom is -0.381 e. The molecule has 0 bridgehead atoms. The summed E-state index contributed by atoms with van der Waals surface area (Å²) in [6.07, 6.45) is 3.00. The first-order valence-corrected chi connectivity index (χ1v) is 8.52. The van der Waals surface area contributed by atoms with Gasteiger partial charge in [-0.05, 0) is 37.1 Å². The zero-order valence-corrected chi connectivity index (χ0v) is 13.7. The van der Waals surface area contributed by atoms with Crippen LogP contribution in [0.2, 0.25) is 0 Å². The van der Waals surface area contributed by atoms with Gasteiger partial charge in [0.2, 0.25) is 0 Å². The quantitative estimate of drug-likeness (QED) is 0.932. The van der Waals surface area contributed by atoms with E-state index in [2.05, 4.69) is 16.4 Å². The van der Waals surface area contributed by atoms with Crippen molar-refractivity contribution >= 4 is 16.8 Å². The van der Waals surface area contributed by atoms with Gasteiger partial charge in [0.1, 0.15) is 11.4 Å². The van der Waals surface area contributed by atoms with Crippen molar-refractivity contribution in [1.82, 2.24) is 10.3 Å². The first kappa shape index (κ1) is 16.0. The number of nitrogens with zero attached hydrogens (tertiary/aromatic N) is 2. The molecule has 0 spiro atoms. The number of aromatic nitrogens is 1. The summed E-state index contributed by atoms with van der Waals surface area (Å²) in [5.41, 5.74) is 0.918. The number of hydrogen-bond acceptors (Lipinski definition) is 4. The monoisotopic (exact) mass is 339 g/mol. The van der Waals surface area contributed by atoms with E-state index < -0.39 is 11.4 Å². The molecule has 1 aliphatic heterocycles. The second-order valence-electron chi connectivity index (χ2n) is 6.79. The molecule has 1 aliphatic carbocycles. The Kier molecular flexibility index (Phi) is 3.89. The van der Waals surface area contributed by atoms with Gasteiger partial charge < -0.3 is 10.1 Å². The third kappa shape index (κ3) is 3.08. The van der Waals surface area contributed by atoms with Gasteiger partial charge in [0.15, 0.2) is 0 Å². The molecular weight excluding hydrogens is 321 g/mol. The highest BCUT2D eigenvalue weighted by atomic mass is 19.1. The maximum Gasteiger partial charge on any atom is 0.253 e. The Labute approximate surface area is 144 Å². The van der Waals surface area contributed by atoms with E-state index in [4.69, 9.17) is 4.74 Å². The van der Waals surface area contributed by atoms with Crippen LogP contribution in [0, 0.1) is 17.1 Å². The number of amides is 1. The van der Waals surface area contributed by atoms with E-state index >= 15 is 0 Å². The molecule has 2 aliphatic rings. The van der Waals surface area contributed by atoms with E-state index in [-0.39, 0.29) is 5.91 Å². The van der Waals surface area contributed by atoms with Crippen molar-refractivity contribution in [3.63, 3.8) is 0 Å². The summed E-state index contributed by atoms with van der Waals surface area (Å²) in [7, 11) is 0. The standard InChI is InChI=1S/C19H18FN3O2/c20-13-3-4-16-14(9-13)15(10-17(22-16)12-1-2-12)18(24)23-19(11-21)5-7-25-8-6-19/h3-4,9-10,12H,1-2,5-8H2,(H,23,24). The summed E-state index contributed by atoms with van der Waals surface area (Å²) >= 11 is 0. The molecule has 25 heavy (non-hydrogen) atoms. The average Bonchev–Trinajstić information content (AvgIpc) is 3.46. The summed E-state index contributed by atoms with van der Waals surface area (Å²) in [6.45, 7) is 0.875. The number of fused-ring (bicyclic) bond motifs is 1. The predicted molar refractivity (Wildman–Crippen MR) is 89.5 cm³/mol. The number of carbonyl (C=O) groups is 1. The lowest BCUT2D eigenvalue weighted by Crippen LogP contribution is -2.51. The van der Waals surface area contributed by atoms with Crippen molar-refractivity contribution in [2.24, 2.45) is 0 Å². The first-order valence-electron chi connectivity index (χ1n) is 8.52.